The summed E-state index contributed by atoms with van der Waals surface area (Å²) in [5.74, 6) is -1.03. The predicted octanol–water partition coefficient (Wildman–Crippen LogP) is 0.581. The molecule has 3 N–H and O–H groups in total. The van der Waals surface area contributed by atoms with Crippen LogP contribution < -0.4 is 10.9 Å². The summed E-state index contributed by atoms with van der Waals surface area (Å²) in [6.07, 6.45) is 2.35. The molecule has 2 bridgehead atoms. The third kappa shape index (κ3) is 4.55. The van der Waals surface area contributed by atoms with Crippen molar-refractivity contribution in [1.29, 1.82) is 0 Å². The summed E-state index contributed by atoms with van der Waals surface area (Å²) < 4.78 is 5.38. The molecule has 11 nitrogen and oxygen atoms in total. The first-order valence-corrected chi connectivity index (χ1v) is 9.96. The van der Waals surface area contributed by atoms with Crippen LogP contribution in [0.3, 0.4) is 0 Å². The Labute approximate surface area is 169 Å². The first-order chi connectivity index (χ1) is 13.6. The van der Waals surface area contributed by atoms with E-state index in [4.69, 9.17) is 4.74 Å². The van der Waals surface area contributed by atoms with Gasteiger partial charge in [-0.15, -0.1) is 0 Å². The van der Waals surface area contributed by atoms with Gasteiger partial charge in [0, 0.05) is 13.1 Å². The number of urea groups is 1. The smallest absolute Gasteiger partial charge is 0.410 e. The molecule has 0 saturated carbocycles. The predicted molar refractivity (Wildman–Crippen MR) is 99.4 cm³/mol. The van der Waals surface area contributed by atoms with E-state index in [2.05, 4.69) is 10.9 Å². The number of nitrogens with one attached hydrogen (secondary N) is 2. The van der Waals surface area contributed by atoms with E-state index in [1.54, 1.807) is 20.8 Å². The second-order valence-electron chi connectivity index (χ2n) is 8.69. The number of carbonyl (C=O) groups excluding carboxylic acids is 4. The van der Waals surface area contributed by atoms with Crippen molar-refractivity contribution in [2.75, 3.05) is 13.1 Å². The van der Waals surface area contributed by atoms with Crippen molar-refractivity contribution in [2.24, 2.45) is 0 Å². The van der Waals surface area contributed by atoms with E-state index in [1.165, 1.54) is 9.80 Å². The van der Waals surface area contributed by atoms with Gasteiger partial charge in [0.2, 0.25) is 0 Å². The fourth-order valence-corrected chi connectivity index (χ4v) is 3.96. The average molecular weight is 411 g/mol. The molecule has 0 aromatic rings. The molecule has 3 fully saturated rings. The minimum atomic E-state index is -0.760. The number of piperidine rings is 2. The number of hydrogen-bond acceptors (Lipinski definition) is 6. The minimum absolute atomic E-state index is 0.274. The molecule has 11 heteroatoms. The summed E-state index contributed by atoms with van der Waals surface area (Å²) in [6.45, 7) is 5.94. The highest BCUT2D eigenvalue weighted by molar-refractivity contribution is 5.91. The quantitative estimate of drug-likeness (QED) is 0.450. The number of hydrogen-bond donors (Lipinski definition) is 3. The molecule has 3 rings (SSSR count). The van der Waals surface area contributed by atoms with E-state index >= 15 is 0 Å². The largest absolute Gasteiger partial charge is 0.444 e. The van der Waals surface area contributed by atoms with E-state index in [0.29, 0.717) is 30.9 Å². The number of ether oxygens (including phenoxy) is 1. The fraction of sp³-hybridized carbons (Fsp3) is 0.778. The van der Waals surface area contributed by atoms with Gasteiger partial charge < -0.3 is 9.64 Å². The van der Waals surface area contributed by atoms with Gasteiger partial charge in [-0.3, -0.25) is 30.5 Å². The molecule has 3 unspecified atom stereocenters. The van der Waals surface area contributed by atoms with Crippen LogP contribution in [0.4, 0.5) is 9.59 Å². The molecule has 0 radical (unpaired) electrons. The van der Waals surface area contributed by atoms with Gasteiger partial charge in [-0.05, 0) is 52.9 Å². The minimum Gasteiger partial charge on any atom is -0.444 e. The van der Waals surface area contributed by atoms with Gasteiger partial charge in [-0.1, -0.05) is 0 Å². The SMILES string of the molecule is CC(C)(C)OC(=O)N1CCCCC1C(=O)NNC(=O)C1CCC2CN1C(=O)N2O. The van der Waals surface area contributed by atoms with Crippen LogP contribution in [0, 0.1) is 0 Å². The third-order valence-electron chi connectivity index (χ3n) is 5.39. The molecule has 3 heterocycles. The first kappa shape index (κ1) is 21.2. The Morgan fingerprint density at radius 3 is 2.34 bits per heavy atom. The number of hydroxylamine groups is 2. The molecule has 5 amide bonds. The standard InChI is InChI=1S/C18H29N5O6/c1-18(2,3)29-17(27)21-9-5-4-6-12(21)14(24)19-20-15(25)13-8-7-11-10-22(13)16(26)23(11)28/h11-13,28H,4-10H2,1-3H3,(H,19,24)(H,20,25). The van der Waals surface area contributed by atoms with Crippen LogP contribution in [0.15, 0.2) is 0 Å². The van der Waals surface area contributed by atoms with E-state index < -0.39 is 41.6 Å². The van der Waals surface area contributed by atoms with Gasteiger partial charge in [0.1, 0.15) is 17.7 Å². The number of amides is 5. The third-order valence-corrected chi connectivity index (χ3v) is 5.39. The molecule has 162 valence electrons. The highest BCUT2D eigenvalue weighted by Crippen LogP contribution is 2.28. The lowest BCUT2D eigenvalue weighted by Crippen LogP contribution is -2.59. The molecule has 0 spiro atoms. The molecule has 0 aromatic heterocycles. The number of hydrazine groups is 1. The zero-order valence-corrected chi connectivity index (χ0v) is 17.0. The molecule has 3 atom stereocenters. The zero-order chi connectivity index (χ0) is 21.3. The summed E-state index contributed by atoms with van der Waals surface area (Å²) in [6, 6.07) is -2.41. The summed E-state index contributed by atoms with van der Waals surface area (Å²) >= 11 is 0. The van der Waals surface area contributed by atoms with E-state index in [-0.39, 0.29) is 12.6 Å². The normalized spacial score (nSPS) is 27.0. The lowest BCUT2D eigenvalue weighted by atomic mass is 10.0. The molecule has 0 aliphatic carbocycles. The zero-order valence-electron chi connectivity index (χ0n) is 17.0. The average Bonchev–Trinajstić information content (AvgIpc) is 2.88. The fourth-order valence-electron chi connectivity index (χ4n) is 3.96. The number of rotatable bonds is 2. The highest BCUT2D eigenvalue weighted by Gasteiger charge is 2.47. The highest BCUT2D eigenvalue weighted by atomic mass is 16.6. The van der Waals surface area contributed by atoms with E-state index in [0.717, 1.165) is 12.8 Å². The lowest BCUT2D eigenvalue weighted by Gasteiger charge is -2.36. The number of fused-ring (bicyclic) bond motifs is 2. The molecule has 3 aliphatic rings. The summed E-state index contributed by atoms with van der Waals surface area (Å²) in [5, 5.41) is 10.4. The van der Waals surface area contributed by atoms with Crippen molar-refractivity contribution in [3.8, 4) is 0 Å². The Morgan fingerprint density at radius 2 is 1.69 bits per heavy atom. The Bertz CT molecular complexity index is 693. The Morgan fingerprint density at radius 1 is 1.03 bits per heavy atom. The Balaban J connectivity index is 1.57. The maximum absolute atomic E-state index is 12.6. The van der Waals surface area contributed by atoms with Gasteiger partial charge in [0.25, 0.3) is 11.8 Å². The van der Waals surface area contributed by atoms with Gasteiger partial charge >= 0.3 is 12.1 Å². The number of likely N-dealkylation sites (tertiary alicyclic amines) is 1. The number of carbonyl (C=O) groups is 4. The summed E-state index contributed by atoms with van der Waals surface area (Å²) in [4.78, 5) is 52.2. The van der Waals surface area contributed by atoms with Crippen molar-refractivity contribution in [2.45, 2.75) is 76.6 Å². The molecule has 0 aromatic carbocycles. The molecule has 3 saturated heterocycles. The van der Waals surface area contributed by atoms with Crippen LogP contribution in [0.1, 0.15) is 52.9 Å². The lowest BCUT2D eigenvalue weighted by molar-refractivity contribution is -0.134. The van der Waals surface area contributed by atoms with Crippen molar-refractivity contribution < 1.29 is 29.1 Å². The van der Waals surface area contributed by atoms with Crippen molar-refractivity contribution in [3.63, 3.8) is 0 Å². The molecule has 3 aliphatic heterocycles. The van der Waals surface area contributed by atoms with Crippen LogP contribution >= 0.6 is 0 Å². The molecule has 29 heavy (non-hydrogen) atoms. The monoisotopic (exact) mass is 411 g/mol. The maximum Gasteiger partial charge on any atom is 0.410 e. The summed E-state index contributed by atoms with van der Waals surface area (Å²) in [7, 11) is 0. The first-order valence-electron chi connectivity index (χ1n) is 9.96. The van der Waals surface area contributed by atoms with Crippen LogP contribution in [-0.2, 0) is 14.3 Å². The summed E-state index contributed by atoms with van der Waals surface area (Å²) in [5.41, 5.74) is 4.07. The number of nitrogens with zero attached hydrogens (tertiary/aromatic N) is 3. The Kier molecular flexibility index (Phi) is 5.87. The van der Waals surface area contributed by atoms with E-state index in [9.17, 15) is 24.4 Å². The van der Waals surface area contributed by atoms with Crippen LogP contribution in [0.5, 0.6) is 0 Å². The van der Waals surface area contributed by atoms with Gasteiger partial charge in [-0.2, -0.15) is 0 Å². The van der Waals surface area contributed by atoms with Gasteiger partial charge in [0.05, 0.1) is 6.04 Å². The second-order valence-corrected chi connectivity index (χ2v) is 8.69. The van der Waals surface area contributed by atoms with Crippen LogP contribution in [-0.4, -0.2) is 80.8 Å². The van der Waals surface area contributed by atoms with Gasteiger partial charge in [-0.25, -0.2) is 14.7 Å². The van der Waals surface area contributed by atoms with Crippen LogP contribution in [0.25, 0.3) is 0 Å². The topological polar surface area (TPSA) is 132 Å². The van der Waals surface area contributed by atoms with Gasteiger partial charge in [0.15, 0.2) is 0 Å². The molecular formula is C18H29N5O6. The van der Waals surface area contributed by atoms with E-state index in [1.807, 2.05) is 0 Å². The second kappa shape index (κ2) is 8.05. The van der Waals surface area contributed by atoms with Crippen molar-refractivity contribution in [3.05, 3.63) is 0 Å². The Hall–Kier alpha value is -2.56. The van der Waals surface area contributed by atoms with Crippen molar-refractivity contribution in [1.82, 2.24) is 25.7 Å². The maximum atomic E-state index is 12.6. The molecular weight excluding hydrogens is 382 g/mol. The van der Waals surface area contributed by atoms with Crippen LogP contribution in [0.2, 0.25) is 0 Å². The van der Waals surface area contributed by atoms with Crippen molar-refractivity contribution >= 4 is 23.9 Å².